The van der Waals surface area contributed by atoms with E-state index in [1.54, 1.807) is 7.05 Å². The van der Waals surface area contributed by atoms with Gasteiger partial charge < -0.3 is 19.3 Å². The minimum absolute atomic E-state index is 0.0509. The summed E-state index contributed by atoms with van der Waals surface area (Å²) < 4.78 is 10.3. The predicted molar refractivity (Wildman–Crippen MR) is 103 cm³/mol. The third kappa shape index (κ3) is 4.46. The first kappa shape index (κ1) is 20.0. The quantitative estimate of drug-likeness (QED) is 0.548. The third-order valence-corrected chi connectivity index (χ3v) is 4.15. The second kappa shape index (κ2) is 8.39. The Hall–Kier alpha value is -3.29. The zero-order chi connectivity index (χ0) is 20.1. The van der Waals surface area contributed by atoms with Crippen LogP contribution >= 0.6 is 0 Å². The van der Waals surface area contributed by atoms with Gasteiger partial charge in [-0.25, -0.2) is 0 Å². The summed E-state index contributed by atoms with van der Waals surface area (Å²) in [5.74, 6) is -0.0165. The van der Waals surface area contributed by atoms with Crippen LogP contribution < -0.4 is 14.4 Å². The average molecular weight is 373 g/mol. The molecule has 0 saturated carbocycles. The fourth-order valence-corrected chi connectivity index (χ4v) is 2.64. The van der Waals surface area contributed by atoms with Crippen molar-refractivity contribution in [2.24, 2.45) is 0 Å². The van der Waals surface area contributed by atoms with Gasteiger partial charge in [-0.05, 0) is 17.7 Å². The van der Waals surface area contributed by atoms with Crippen molar-refractivity contribution < 1.29 is 19.2 Å². The Morgan fingerprint density at radius 2 is 1.59 bits per heavy atom. The second-order valence-corrected chi connectivity index (χ2v) is 6.20. The van der Waals surface area contributed by atoms with Crippen molar-refractivity contribution in [3.05, 3.63) is 57.6 Å². The summed E-state index contributed by atoms with van der Waals surface area (Å²) in [6, 6.07) is 10.3. The molecule has 8 heteroatoms. The molecule has 8 nitrogen and oxygen atoms in total. The first-order chi connectivity index (χ1) is 12.8. The Labute approximate surface area is 158 Å². The van der Waals surface area contributed by atoms with E-state index in [2.05, 4.69) is 0 Å². The van der Waals surface area contributed by atoms with Crippen LogP contribution in [0.1, 0.15) is 15.9 Å². The highest BCUT2D eigenvalue weighted by molar-refractivity contribution is 5.99. The standard InChI is InChI=1S/C19H23N3O5/c1-20(2)14-8-6-13(7-9-14)12-21(3)19(23)15-10-17(26-4)18(27-5)11-16(15)22(24)25/h6-11H,12H2,1-5H3. The van der Waals surface area contributed by atoms with Crippen LogP contribution in [0.4, 0.5) is 11.4 Å². The number of methoxy groups -OCH3 is 2. The van der Waals surface area contributed by atoms with Crippen LogP contribution in [0, 0.1) is 10.1 Å². The van der Waals surface area contributed by atoms with Crippen LogP contribution in [0.15, 0.2) is 36.4 Å². The molecule has 144 valence electrons. The molecule has 0 unspecified atom stereocenters. The van der Waals surface area contributed by atoms with Crippen LogP contribution in [0.2, 0.25) is 0 Å². The van der Waals surface area contributed by atoms with E-state index in [1.807, 2.05) is 43.3 Å². The van der Waals surface area contributed by atoms with Crippen molar-refractivity contribution in [2.75, 3.05) is 40.3 Å². The van der Waals surface area contributed by atoms with Gasteiger partial charge in [0, 0.05) is 39.4 Å². The van der Waals surface area contributed by atoms with Gasteiger partial charge in [-0.1, -0.05) is 12.1 Å². The lowest BCUT2D eigenvalue weighted by atomic mass is 10.1. The molecule has 0 aromatic heterocycles. The van der Waals surface area contributed by atoms with Gasteiger partial charge in [0.1, 0.15) is 5.56 Å². The number of rotatable bonds is 7. The monoisotopic (exact) mass is 373 g/mol. The molecule has 0 radical (unpaired) electrons. The zero-order valence-corrected chi connectivity index (χ0v) is 16.1. The van der Waals surface area contributed by atoms with Crippen molar-refractivity contribution >= 4 is 17.3 Å². The molecular weight excluding hydrogens is 350 g/mol. The van der Waals surface area contributed by atoms with Crippen LogP contribution in [0.25, 0.3) is 0 Å². The number of nitrogens with zero attached hydrogens (tertiary/aromatic N) is 3. The largest absolute Gasteiger partial charge is 0.493 e. The van der Waals surface area contributed by atoms with Crippen LogP contribution in [0.3, 0.4) is 0 Å². The predicted octanol–water partition coefficient (Wildman–Crippen LogP) is 2.95. The molecule has 0 saturated heterocycles. The lowest BCUT2D eigenvalue weighted by Crippen LogP contribution is -2.27. The van der Waals surface area contributed by atoms with Crippen molar-refractivity contribution in [3.63, 3.8) is 0 Å². The van der Waals surface area contributed by atoms with E-state index in [9.17, 15) is 14.9 Å². The molecule has 0 N–H and O–H groups in total. The molecule has 2 rings (SSSR count). The number of nitro groups is 1. The molecule has 0 aliphatic carbocycles. The Kier molecular flexibility index (Phi) is 6.23. The van der Waals surface area contributed by atoms with Gasteiger partial charge in [-0.3, -0.25) is 14.9 Å². The number of carbonyl (C=O) groups is 1. The summed E-state index contributed by atoms with van der Waals surface area (Å²) in [7, 11) is 8.28. The maximum Gasteiger partial charge on any atom is 0.286 e. The fourth-order valence-electron chi connectivity index (χ4n) is 2.64. The van der Waals surface area contributed by atoms with E-state index in [4.69, 9.17) is 9.47 Å². The van der Waals surface area contributed by atoms with Crippen molar-refractivity contribution in [1.29, 1.82) is 0 Å². The second-order valence-electron chi connectivity index (χ2n) is 6.20. The lowest BCUT2D eigenvalue weighted by molar-refractivity contribution is -0.385. The molecule has 0 heterocycles. The van der Waals surface area contributed by atoms with Gasteiger partial charge in [0.15, 0.2) is 11.5 Å². The molecule has 0 atom stereocenters. The lowest BCUT2D eigenvalue weighted by Gasteiger charge is -2.19. The maximum absolute atomic E-state index is 12.8. The Balaban J connectivity index is 2.31. The highest BCUT2D eigenvalue weighted by Crippen LogP contribution is 2.35. The van der Waals surface area contributed by atoms with Gasteiger partial charge in [-0.15, -0.1) is 0 Å². The molecule has 2 aromatic carbocycles. The summed E-state index contributed by atoms with van der Waals surface area (Å²) in [5.41, 5.74) is 1.58. The highest BCUT2D eigenvalue weighted by Gasteiger charge is 2.26. The van der Waals surface area contributed by atoms with E-state index in [1.165, 1.54) is 31.3 Å². The number of hydrogen-bond acceptors (Lipinski definition) is 6. The van der Waals surface area contributed by atoms with Gasteiger partial charge in [0.25, 0.3) is 11.6 Å². The SMILES string of the molecule is COc1cc(C(=O)N(C)Cc2ccc(N(C)C)cc2)c([N+](=O)[O-])cc1OC. The average Bonchev–Trinajstić information content (AvgIpc) is 2.66. The van der Waals surface area contributed by atoms with Crippen molar-refractivity contribution in [3.8, 4) is 11.5 Å². The van der Waals surface area contributed by atoms with Gasteiger partial charge >= 0.3 is 0 Å². The first-order valence-electron chi connectivity index (χ1n) is 8.20. The number of hydrogen-bond donors (Lipinski definition) is 0. The minimum atomic E-state index is -0.602. The third-order valence-electron chi connectivity index (χ3n) is 4.15. The van der Waals surface area contributed by atoms with Gasteiger partial charge in [0.2, 0.25) is 0 Å². The van der Waals surface area contributed by atoms with Crippen LogP contribution in [-0.4, -0.2) is 51.1 Å². The molecule has 1 amide bonds. The summed E-state index contributed by atoms with van der Waals surface area (Å²) in [4.78, 5) is 27.0. The summed E-state index contributed by atoms with van der Waals surface area (Å²) in [6.45, 7) is 0.318. The summed E-state index contributed by atoms with van der Waals surface area (Å²) in [5, 5.41) is 11.4. The van der Waals surface area contributed by atoms with E-state index in [-0.39, 0.29) is 22.7 Å². The molecular formula is C19H23N3O5. The first-order valence-corrected chi connectivity index (χ1v) is 8.20. The van der Waals surface area contributed by atoms with Crippen molar-refractivity contribution in [2.45, 2.75) is 6.54 Å². The Morgan fingerprint density at radius 3 is 2.07 bits per heavy atom. The number of amides is 1. The molecule has 0 bridgehead atoms. The maximum atomic E-state index is 12.8. The number of benzene rings is 2. The van der Waals surface area contributed by atoms with Crippen LogP contribution in [0.5, 0.6) is 11.5 Å². The topological polar surface area (TPSA) is 85.2 Å². The zero-order valence-electron chi connectivity index (χ0n) is 16.1. The molecule has 0 aliphatic heterocycles. The molecule has 0 aliphatic rings. The number of nitro benzene ring substituents is 1. The summed E-state index contributed by atoms with van der Waals surface area (Å²) in [6.07, 6.45) is 0. The Bertz CT molecular complexity index is 834. The molecule has 0 fully saturated rings. The minimum Gasteiger partial charge on any atom is -0.493 e. The Morgan fingerprint density at radius 1 is 1.04 bits per heavy atom. The number of ether oxygens (including phenoxy) is 2. The number of anilines is 1. The molecule has 27 heavy (non-hydrogen) atoms. The van der Waals surface area contributed by atoms with E-state index in [0.29, 0.717) is 6.54 Å². The molecule has 0 spiro atoms. The van der Waals surface area contributed by atoms with Crippen molar-refractivity contribution in [1.82, 2.24) is 4.90 Å². The van der Waals surface area contributed by atoms with E-state index >= 15 is 0 Å². The summed E-state index contributed by atoms with van der Waals surface area (Å²) >= 11 is 0. The normalized spacial score (nSPS) is 10.3. The smallest absolute Gasteiger partial charge is 0.286 e. The van der Waals surface area contributed by atoms with Crippen LogP contribution in [-0.2, 0) is 6.54 Å². The number of carbonyl (C=O) groups excluding carboxylic acids is 1. The van der Waals surface area contributed by atoms with E-state index in [0.717, 1.165) is 11.3 Å². The van der Waals surface area contributed by atoms with Gasteiger partial charge in [-0.2, -0.15) is 0 Å². The van der Waals surface area contributed by atoms with Gasteiger partial charge in [0.05, 0.1) is 25.2 Å². The highest BCUT2D eigenvalue weighted by atomic mass is 16.6. The molecule has 2 aromatic rings. The van der Waals surface area contributed by atoms with E-state index < -0.39 is 10.8 Å². The fraction of sp³-hybridized carbons (Fsp3) is 0.316.